The molecule has 0 radical (unpaired) electrons. The monoisotopic (exact) mass is 688 g/mol. The lowest BCUT2D eigenvalue weighted by molar-refractivity contribution is -0.298. The average molecular weight is 689 g/mol. The van der Waals surface area contributed by atoms with Crippen molar-refractivity contribution in [1.29, 1.82) is 0 Å². The molecule has 1 saturated carbocycles. The van der Waals surface area contributed by atoms with Crippen molar-refractivity contribution in [2.24, 2.45) is 0 Å². The summed E-state index contributed by atoms with van der Waals surface area (Å²) in [6.45, 7) is 1.82. The summed E-state index contributed by atoms with van der Waals surface area (Å²) in [5, 5.41) is 11.4. The average Bonchev–Trinajstić information content (AvgIpc) is 3.13. The van der Waals surface area contributed by atoms with Crippen LogP contribution >= 0.6 is 0 Å². The molecule has 1 aliphatic carbocycles. The Kier molecular flexibility index (Phi) is 12.0. The lowest BCUT2D eigenvalue weighted by atomic mass is 9.98. The quantitative estimate of drug-likeness (QED) is 0.144. The molecule has 1 unspecified atom stereocenters. The van der Waals surface area contributed by atoms with Gasteiger partial charge in [0.2, 0.25) is 0 Å². The summed E-state index contributed by atoms with van der Waals surface area (Å²) < 4.78 is 63.4. The zero-order valence-electron chi connectivity index (χ0n) is 27.6. The topological polar surface area (TPSA) is 110 Å². The first-order chi connectivity index (χ1) is 23.8. The first-order valence-electron chi connectivity index (χ1n) is 16.9. The van der Waals surface area contributed by atoms with Crippen LogP contribution in [0.3, 0.4) is 0 Å². The Morgan fingerprint density at radius 2 is 1.22 bits per heavy atom. The molecule has 1 aliphatic heterocycles. The summed E-state index contributed by atoms with van der Waals surface area (Å²) in [7, 11) is -4.14. The normalized spacial score (nSPS) is 23.2. The molecule has 1 N–H and O–H groups in total. The lowest BCUT2D eigenvalue weighted by Gasteiger charge is -2.44. The maximum absolute atomic E-state index is 13.2. The standard InChI is InChI=1S/C39H44O9S/c1-28-17-23-34(24-18-28)49(41,42)45-27-35-36(43-25-29-11-5-2-6-12-29)37(44-26-30-13-7-3-8-14-30)38(39(40)48-35)47-33-21-19-32(20-22-33)46-31-15-9-4-10-16-31/h2-3,5-8,11-14,17-24,31,35-40H,4,9-10,15-16,25-27H2,1H3/t35-,36-,37+,38-,39?/m1/s1. The first kappa shape index (κ1) is 35.1. The minimum atomic E-state index is -4.14. The van der Waals surface area contributed by atoms with Crippen LogP contribution in [0.2, 0.25) is 0 Å². The van der Waals surface area contributed by atoms with E-state index >= 15 is 0 Å². The fourth-order valence-corrected chi connectivity index (χ4v) is 7.06. The van der Waals surface area contributed by atoms with Gasteiger partial charge in [0.05, 0.1) is 30.8 Å². The second kappa shape index (κ2) is 16.8. The van der Waals surface area contributed by atoms with E-state index in [1.165, 1.54) is 31.4 Å². The second-order valence-electron chi connectivity index (χ2n) is 12.6. The largest absolute Gasteiger partial charge is 0.490 e. The zero-order chi connectivity index (χ0) is 34.1. The highest BCUT2D eigenvalue weighted by molar-refractivity contribution is 7.86. The molecule has 260 valence electrons. The second-order valence-corrected chi connectivity index (χ2v) is 14.2. The molecule has 0 aromatic heterocycles. The van der Waals surface area contributed by atoms with Crippen LogP contribution in [0, 0.1) is 6.92 Å². The highest BCUT2D eigenvalue weighted by Crippen LogP contribution is 2.32. The number of aryl methyl sites for hydroxylation is 1. The number of hydrogen-bond donors (Lipinski definition) is 1. The van der Waals surface area contributed by atoms with Crippen LogP contribution in [0.4, 0.5) is 0 Å². The fourth-order valence-electron chi connectivity index (χ4n) is 6.14. The third kappa shape index (κ3) is 9.69. The van der Waals surface area contributed by atoms with Gasteiger partial charge < -0.3 is 28.8 Å². The lowest BCUT2D eigenvalue weighted by Crippen LogP contribution is -2.62. The Labute approximate surface area is 288 Å². The number of aliphatic hydroxyl groups is 1. The van der Waals surface area contributed by atoms with E-state index in [-0.39, 0.29) is 24.2 Å². The Bertz CT molecular complexity index is 1680. The van der Waals surface area contributed by atoms with Gasteiger partial charge in [0.1, 0.15) is 29.8 Å². The molecule has 49 heavy (non-hydrogen) atoms. The van der Waals surface area contributed by atoms with E-state index in [1.54, 1.807) is 24.3 Å². The molecule has 9 nitrogen and oxygen atoms in total. The molecular formula is C39H44O9S. The minimum Gasteiger partial charge on any atom is -0.490 e. The van der Waals surface area contributed by atoms with E-state index in [4.69, 9.17) is 27.9 Å². The van der Waals surface area contributed by atoms with Crippen LogP contribution in [-0.2, 0) is 41.7 Å². The summed E-state index contributed by atoms with van der Waals surface area (Å²) in [6.07, 6.45) is 0.578. The van der Waals surface area contributed by atoms with E-state index in [2.05, 4.69) is 0 Å². The van der Waals surface area contributed by atoms with Gasteiger partial charge in [-0.1, -0.05) is 84.8 Å². The number of benzene rings is 4. The van der Waals surface area contributed by atoms with Crippen molar-refractivity contribution in [3.05, 3.63) is 126 Å². The highest BCUT2D eigenvalue weighted by atomic mass is 32.2. The molecule has 1 heterocycles. The molecular weight excluding hydrogens is 644 g/mol. The Hall–Kier alpha value is -3.77. The van der Waals surface area contributed by atoms with Crippen LogP contribution in [0.5, 0.6) is 11.5 Å². The summed E-state index contributed by atoms with van der Waals surface area (Å²) in [5.41, 5.74) is 2.72. The number of aliphatic hydroxyl groups excluding tert-OH is 1. The summed E-state index contributed by atoms with van der Waals surface area (Å²) in [6, 6.07) is 32.9. The molecule has 6 rings (SSSR count). The van der Waals surface area contributed by atoms with E-state index in [0.717, 1.165) is 35.3 Å². The van der Waals surface area contributed by atoms with Crippen LogP contribution in [0.25, 0.3) is 0 Å². The van der Waals surface area contributed by atoms with Crippen LogP contribution in [0.1, 0.15) is 48.8 Å². The molecule has 0 bridgehead atoms. The van der Waals surface area contributed by atoms with Gasteiger partial charge in [-0.2, -0.15) is 8.42 Å². The predicted molar refractivity (Wildman–Crippen MR) is 184 cm³/mol. The van der Waals surface area contributed by atoms with Crippen molar-refractivity contribution in [1.82, 2.24) is 0 Å². The molecule has 4 aromatic carbocycles. The van der Waals surface area contributed by atoms with Gasteiger partial charge in [-0.3, -0.25) is 4.18 Å². The highest BCUT2D eigenvalue weighted by Gasteiger charge is 2.49. The fraction of sp³-hybridized carbons (Fsp3) is 0.385. The van der Waals surface area contributed by atoms with E-state index in [9.17, 15) is 13.5 Å². The molecule has 4 aromatic rings. The minimum absolute atomic E-state index is 0.0187. The number of hydrogen-bond acceptors (Lipinski definition) is 9. The van der Waals surface area contributed by atoms with Crippen LogP contribution in [0.15, 0.2) is 114 Å². The molecule has 1 saturated heterocycles. The zero-order valence-corrected chi connectivity index (χ0v) is 28.5. The van der Waals surface area contributed by atoms with Crippen LogP contribution < -0.4 is 9.47 Å². The van der Waals surface area contributed by atoms with E-state index in [1.807, 2.05) is 79.7 Å². The van der Waals surface area contributed by atoms with Crippen molar-refractivity contribution in [2.45, 2.75) is 93.9 Å². The van der Waals surface area contributed by atoms with E-state index < -0.39 is 47.4 Å². The van der Waals surface area contributed by atoms with Crippen molar-refractivity contribution in [3.8, 4) is 11.5 Å². The SMILES string of the molecule is Cc1ccc(S(=O)(=O)OC[C@H]2OC(O)[C@H](Oc3ccc(OC4CCCCC4)cc3)[C@@H](OCc3ccccc3)[C@@H]2OCc2ccccc2)cc1. The number of rotatable bonds is 14. The molecule has 0 spiro atoms. The van der Waals surface area contributed by atoms with Crippen molar-refractivity contribution >= 4 is 10.1 Å². The summed E-state index contributed by atoms with van der Waals surface area (Å²) in [5.74, 6) is 1.24. The van der Waals surface area contributed by atoms with Gasteiger partial charge in [0.25, 0.3) is 10.1 Å². The van der Waals surface area contributed by atoms with Crippen molar-refractivity contribution < 1.29 is 41.4 Å². The Morgan fingerprint density at radius 1 is 0.673 bits per heavy atom. The summed E-state index contributed by atoms with van der Waals surface area (Å²) in [4.78, 5) is 0.0187. The molecule has 2 aliphatic rings. The van der Waals surface area contributed by atoms with Crippen LogP contribution in [-0.4, -0.2) is 56.9 Å². The van der Waals surface area contributed by atoms with Gasteiger partial charge in [-0.05, 0) is 80.1 Å². The van der Waals surface area contributed by atoms with Gasteiger partial charge in [0.15, 0.2) is 12.4 Å². The van der Waals surface area contributed by atoms with Gasteiger partial charge in [-0.25, -0.2) is 0 Å². The third-order valence-electron chi connectivity index (χ3n) is 8.83. The number of ether oxygens (including phenoxy) is 5. The molecule has 10 heteroatoms. The molecule has 0 amide bonds. The summed E-state index contributed by atoms with van der Waals surface area (Å²) >= 11 is 0. The Morgan fingerprint density at radius 3 is 1.82 bits per heavy atom. The van der Waals surface area contributed by atoms with Gasteiger partial charge in [-0.15, -0.1) is 0 Å². The smallest absolute Gasteiger partial charge is 0.297 e. The van der Waals surface area contributed by atoms with Crippen molar-refractivity contribution in [2.75, 3.05) is 6.61 Å². The maximum atomic E-state index is 13.2. The maximum Gasteiger partial charge on any atom is 0.297 e. The Balaban J connectivity index is 1.24. The van der Waals surface area contributed by atoms with Crippen molar-refractivity contribution in [3.63, 3.8) is 0 Å². The molecule has 5 atom stereocenters. The third-order valence-corrected chi connectivity index (χ3v) is 10.1. The van der Waals surface area contributed by atoms with Gasteiger partial charge in [0, 0.05) is 0 Å². The first-order valence-corrected chi connectivity index (χ1v) is 18.3. The predicted octanol–water partition coefficient (Wildman–Crippen LogP) is 6.75. The van der Waals surface area contributed by atoms with E-state index in [0.29, 0.717) is 5.75 Å². The molecule has 2 fully saturated rings. The van der Waals surface area contributed by atoms with Gasteiger partial charge >= 0.3 is 0 Å².